The summed E-state index contributed by atoms with van der Waals surface area (Å²) >= 11 is 3.59. The average Bonchev–Trinajstić information content (AvgIpc) is 2.69. The molecule has 1 atom stereocenters. The average molecular weight is 269 g/mol. The normalized spacial score (nSPS) is 18.2. The van der Waals surface area contributed by atoms with Gasteiger partial charge in [0.2, 0.25) is 0 Å². The van der Waals surface area contributed by atoms with Crippen LogP contribution in [0.1, 0.15) is 31.4 Å². The van der Waals surface area contributed by atoms with Gasteiger partial charge < -0.3 is 10.6 Å². The monoisotopic (exact) mass is 268 g/mol. The van der Waals surface area contributed by atoms with Gasteiger partial charge in [0.05, 0.1) is 0 Å². The first-order chi connectivity index (χ1) is 7.20. The Balaban J connectivity index is 2.40. The van der Waals surface area contributed by atoms with Crippen molar-refractivity contribution < 1.29 is 0 Å². The lowest BCUT2D eigenvalue weighted by Gasteiger charge is -2.24. The summed E-state index contributed by atoms with van der Waals surface area (Å²) in [6.45, 7) is 4.37. The maximum absolute atomic E-state index is 6.03. The molecule has 1 unspecified atom stereocenters. The van der Waals surface area contributed by atoms with Crippen molar-refractivity contribution in [2.45, 2.75) is 25.8 Å². The van der Waals surface area contributed by atoms with Gasteiger partial charge in [-0.1, -0.05) is 22.0 Å². The molecule has 1 aromatic carbocycles. The highest BCUT2D eigenvalue weighted by atomic mass is 79.9. The molecule has 0 saturated carbocycles. The van der Waals surface area contributed by atoms with E-state index in [1.165, 1.54) is 24.1 Å². The van der Waals surface area contributed by atoms with Crippen LogP contribution in [-0.4, -0.2) is 13.1 Å². The first-order valence-corrected chi connectivity index (χ1v) is 6.28. The summed E-state index contributed by atoms with van der Waals surface area (Å²) in [5.74, 6) is 0. The van der Waals surface area contributed by atoms with E-state index in [1.807, 2.05) is 6.92 Å². The van der Waals surface area contributed by atoms with Gasteiger partial charge in [-0.05, 0) is 31.9 Å². The van der Waals surface area contributed by atoms with Crippen molar-refractivity contribution in [3.63, 3.8) is 0 Å². The number of rotatable bonds is 2. The number of nitrogens with zero attached hydrogens (tertiary/aromatic N) is 1. The molecule has 0 spiro atoms. The molecule has 0 aliphatic carbocycles. The second kappa shape index (κ2) is 4.54. The summed E-state index contributed by atoms with van der Waals surface area (Å²) < 4.78 is 1.13. The van der Waals surface area contributed by atoms with Crippen molar-refractivity contribution in [3.8, 4) is 0 Å². The van der Waals surface area contributed by atoms with E-state index >= 15 is 0 Å². The van der Waals surface area contributed by atoms with Crippen LogP contribution in [-0.2, 0) is 0 Å². The summed E-state index contributed by atoms with van der Waals surface area (Å²) in [6.07, 6.45) is 2.59. The molecule has 0 bridgehead atoms. The number of benzene rings is 1. The van der Waals surface area contributed by atoms with E-state index in [0.29, 0.717) is 0 Å². The van der Waals surface area contributed by atoms with Crippen LogP contribution in [0.25, 0.3) is 0 Å². The maximum Gasteiger partial charge on any atom is 0.0425 e. The third kappa shape index (κ3) is 2.18. The minimum atomic E-state index is 0.0798. The molecule has 1 aromatic rings. The zero-order chi connectivity index (χ0) is 10.8. The molecular formula is C12H17BrN2. The van der Waals surface area contributed by atoms with E-state index in [2.05, 4.69) is 39.0 Å². The summed E-state index contributed by atoms with van der Waals surface area (Å²) in [5.41, 5.74) is 8.56. The number of hydrogen-bond acceptors (Lipinski definition) is 2. The van der Waals surface area contributed by atoms with Crippen LogP contribution < -0.4 is 10.6 Å². The highest BCUT2D eigenvalue weighted by Gasteiger charge is 2.18. The lowest BCUT2D eigenvalue weighted by atomic mass is 10.1. The van der Waals surface area contributed by atoms with Crippen molar-refractivity contribution in [1.29, 1.82) is 0 Å². The fraction of sp³-hybridized carbons (Fsp3) is 0.500. The van der Waals surface area contributed by atoms with Gasteiger partial charge >= 0.3 is 0 Å². The quantitative estimate of drug-likeness (QED) is 0.894. The van der Waals surface area contributed by atoms with Gasteiger partial charge in [0.15, 0.2) is 0 Å². The van der Waals surface area contributed by atoms with E-state index in [0.717, 1.165) is 17.6 Å². The summed E-state index contributed by atoms with van der Waals surface area (Å²) in [4.78, 5) is 2.43. The third-order valence-corrected chi connectivity index (χ3v) is 3.62. The summed E-state index contributed by atoms with van der Waals surface area (Å²) in [6, 6.07) is 6.41. The van der Waals surface area contributed by atoms with Gasteiger partial charge in [0.1, 0.15) is 0 Å². The third-order valence-electron chi connectivity index (χ3n) is 2.93. The predicted octanol–water partition coefficient (Wildman–Crippen LogP) is 3.07. The molecule has 2 N–H and O–H groups in total. The van der Waals surface area contributed by atoms with Crippen LogP contribution >= 0.6 is 15.9 Å². The van der Waals surface area contributed by atoms with Crippen LogP contribution in [0, 0.1) is 0 Å². The van der Waals surface area contributed by atoms with Crippen molar-refractivity contribution in [2.75, 3.05) is 18.0 Å². The fourth-order valence-electron chi connectivity index (χ4n) is 2.21. The molecule has 2 rings (SSSR count). The molecule has 82 valence electrons. The van der Waals surface area contributed by atoms with Crippen LogP contribution in [0.15, 0.2) is 22.7 Å². The molecule has 1 aliphatic rings. The maximum atomic E-state index is 6.03. The molecule has 0 aromatic heterocycles. The van der Waals surface area contributed by atoms with Gasteiger partial charge in [-0.2, -0.15) is 0 Å². The van der Waals surface area contributed by atoms with Gasteiger partial charge in [-0.25, -0.2) is 0 Å². The van der Waals surface area contributed by atoms with Crippen molar-refractivity contribution >= 4 is 21.6 Å². The Hall–Kier alpha value is -0.540. The Kier molecular flexibility index (Phi) is 3.32. The van der Waals surface area contributed by atoms with E-state index < -0.39 is 0 Å². The van der Waals surface area contributed by atoms with Gasteiger partial charge in [0.25, 0.3) is 0 Å². The van der Waals surface area contributed by atoms with Gasteiger partial charge in [-0.3, -0.25) is 0 Å². The van der Waals surface area contributed by atoms with Crippen LogP contribution in [0.5, 0.6) is 0 Å². The Bertz CT molecular complexity index is 343. The SMILES string of the molecule is CC(N)c1c(Br)cccc1N1CCCC1. The summed E-state index contributed by atoms with van der Waals surface area (Å²) in [5, 5.41) is 0. The zero-order valence-corrected chi connectivity index (χ0v) is 10.6. The smallest absolute Gasteiger partial charge is 0.0425 e. The molecule has 1 aliphatic heterocycles. The first-order valence-electron chi connectivity index (χ1n) is 5.49. The van der Waals surface area contributed by atoms with Crippen LogP contribution in [0.3, 0.4) is 0 Å². The van der Waals surface area contributed by atoms with E-state index in [9.17, 15) is 0 Å². The molecule has 1 fully saturated rings. The molecule has 1 heterocycles. The first kappa shape index (κ1) is 11.0. The number of halogens is 1. The van der Waals surface area contributed by atoms with Crippen molar-refractivity contribution in [1.82, 2.24) is 0 Å². The fourth-order valence-corrected chi connectivity index (χ4v) is 2.93. The Morgan fingerprint density at radius 3 is 2.60 bits per heavy atom. The van der Waals surface area contributed by atoms with E-state index in [1.54, 1.807) is 0 Å². The highest BCUT2D eigenvalue weighted by molar-refractivity contribution is 9.10. The lowest BCUT2D eigenvalue weighted by molar-refractivity contribution is 0.800. The molecule has 0 radical (unpaired) electrons. The van der Waals surface area contributed by atoms with Crippen LogP contribution in [0.2, 0.25) is 0 Å². The molecule has 2 nitrogen and oxygen atoms in total. The molecule has 3 heteroatoms. The molecule has 1 saturated heterocycles. The number of nitrogens with two attached hydrogens (primary N) is 1. The second-order valence-corrected chi connectivity index (χ2v) is 5.01. The lowest BCUT2D eigenvalue weighted by Crippen LogP contribution is -2.21. The van der Waals surface area contributed by atoms with Crippen LogP contribution in [0.4, 0.5) is 5.69 Å². The van der Waals surface area contributed by atoms with E-state index in [4.69, 9.17) is 5.73 Å². The second-order valence-electron chi connectivity index (χ2n) is 4.16. The van der Waals surface area contributed by atoms with Gasteiger partial charge in [0, 0.05) is 34.9 Å². The topological polar surface area (TPSA) is 29.3 Å². The number of hydrogen-bond donors (Lipinski definition) is 1. The van der Waals surface area contributed by atoms with Gasteiger partial charge in [-0.15, -0.1) is 0 Å². The standard InChI is InChI=1S/C12H17BrN2/c1-9(14)12-10(13)5-4-6-11(12)15-7-2-3-8-15/h4-6,9H,2-3,7-8,14H2,1H3. The largest absolute Gasteiger partial charge is 0.371 e. The Labute approximate surface area is 99.6 Å². The summed E-state index contributed by atoms with van der Waals surface area (Å²) in [7, 11) is 0. The molecular weight excluding hydrogens is 252 g/mol. The zero-order valence-electron chi connectivity index (χ0n) is 9.04. The predicted molar refractivity (Wildman–Crippen MR) is 68.2 cm³/mol. The van der Waals surface area contributed by atoms with Crippen molar-refractivity contribution in [3.05, 3.63) is 28.2 Å². The molecule has 15 heavy (non-hydrogen) atoms. The Morgan fingerprint density at radius 1 is 1.33 bits per heavy atom. The molecule has 0 amide bonds. The van der Waals surface area contributed by atoms with Crippen molar-refractivity contribution in [2.24, 2.45) is 5.73 Å². The Morgan fingerprint density at radius 2 is 2.00 bits per heavy atom. The van der Waals surface area contributed by atoms with E-state index in [-0.39, 0.29) is 6.04 Å². The highest BCUT2D eigenvalue weighted by Crippen LogP contribution is 2.33. The minimum Gasteiger partial charge on any atom is -0.371 e. The number of anilines is 1. The minimum absolute atomic E-state index is 0.0798.